The molecule has 0 bridgehead atoms. The Hall–Kier alpha value is -2.24. The van der Waals surface area contributed by atoms with Gasteiger partial charge in [-0.25, -0.2) is 9.59 Å². The van der Waals surface area contributed by atoms with Crippen molar-refractivity contribution >= 4 is 23.5 Å². The lowest BCUT2D eigenvalue weighted by Crippen LogP contribution is -2.15. The smallest absolute Gasteiger partial charge is 0.333 e. The molecule has 6 heteroatoms. The Morgan fingerprint density at radius 3 is 1.38 bits per heavy atom. The first-order chi connectivity index (χ1) is 9.73. The maximum atomic E-state index is 11.5. The Kier molecular flexibility index (Phi) is 8.60. The molecule has 0 radical (unpaired) electrons. The number of Topliss-reactive ketones (excluding diaryl/α,β-unsaturated/α-hetero) is 2. The van der Waals surface area contributed by atoms with Gasteiger partial charge >= 0.3 is 11.9 Å². The van der Waals surface area contributed by atoms with Crippen molar-refractivity contribution in [2.75, 3.05) is 13.2 Å². The number of hydrogen-bond donors (Lipinski definition) is 0. The predicted molar refractivity (Wildman–Crippen MR) is 75.4 cm³/mol. The first-order valence-corrected chi connectivity index (χ1v) is 6.42. The van der Waals surface area contributed by atoms with Crippen molar-refractivity contribution in [3.05, 3.63) is 24.3 Å². The van der Waals surface area contributed by atoms with Gasteiger partial charge < -0.3 is 9.47 Å². The van der Waals surface area contributed by atoms with E-state index in [1.807, 2.05) is 0 Å². The molecular weight excluding hydrogens is 276 g/mol. The van der Waals surface area contributed by atoms with E-state index in [2.05, 4.69) is 13.2 Å². The molecule has 0 aliphatic carbocycles. The molecule has 0 saturated heterocycles. The van der Waals surface area contributed by atoms with E-state index in [9.17, 15) is 19.2 Å². The molecule has 0 atom stereocenters. The van der Waals surface area contributed by atoms with Crippen molar-refractivity contribution in [1.82, 2.24) is 0 Å². The molecule has 0 heterocycles. The molecule has 0 aliphatic rings. The molecule has 0 spiro atoms. The second-order valence-electron chi connectivity index (χ2n) is 4.59. The molecule has 0 aromatic rings. The van der Waals surface area contributed by atoms with E-state index in [-0.39, 0.29) is 55.2 Å². The Labute approximate surface area is 123 Å². The Morgan fingerprint density at radius 2 is 1.10 bits per heavy atom. The van der Waals surface area contributed by atoms with Crippen LogP contribution in [0.5, 0.6) is 0 Å². The third kappa shape index (κ3) is 9.32. The summed E-state index contributed by atoms with van der Waals surface area (Å²) in [4.78, 5) is 45.0. The lowest BCUT2D eigenvalue weighted by Gasteiger charge is -2.05. The van der Waals surface area contributed by atoms with E-state index in [1.54, 1.807) is 0 Å². The number of hydrogen-bond acceptors (Lipinski definition) is 6. The summed E-state index contributed by atoms with van der Waals surface area (Å²) in [7, 11) is 0. The molecule has 6 nitrogen and oxygen atoms in total. The number of carbonyl (C=O) groups excluding carboxylic acids is 4. The van der Waals surface area contributed by atoms with Crippen molar-refractivity contribution in [2.24, 2.45) is 0 Å². The van der Waals surface area contributed by atoms with E-state index >= 15 is 0 Å². The summed E-state index contributed by atoms with van der Waals surface area (Å²) in [6.07, 6.45) is -0.331. The Bertz CT molecular complexity index is 419. The van der Waals surface area contributed by atoms with Crippen LogP contribution in [0.25, 0.3) is 0 Å². The zero-order chi connectivity index (χ0) is 16.4. The highest BCUT2D eigenvalue weighted by atomic mass is 16.5. The van der Waals surface area contributed by atoms with Gasteiger partial charge in [0.2, 0.25) is 0 Å². The summed E-state index contributed by atoms with van der Waals surface area (Å²) in [5, 5.41) is 0. The fraction of sp³-hybridized carbons (Fsp3) is 0.467. The van der Waals surface area contributed by atoms with Gasteiger partial charge in [0, 0.05) is 24.0 Å². The lowest BCUT2D eigenvalue weighted by molar-refractivity contribution is -0.140. The highest BCUT2D eigenvalue weighted by molar-refractivity contribution is 5.99. The fourth-order valence-corrected chi connectivity index (χ4v) is 1.16. The molecule has 116 valence electrons. The minimum Gasteiger partial charge on any atom is -0.462 e. The van der Waals surface area contributed by atoms with Crippen LogP contribution in [0.3, 0.4) is 0 Å². The minimum absolute atomic E-state index is 0.0314. The molecule has 0 aromatic carbocycles. The summed E-state index contributed by atoms with van der Waals surface area (Å²) in [6.45, 7) is 9.64. The van der Waals surface area contributed by atoms with Crippen molar-refractivity contribution in [2.45, 2.75) is 33.1 Å². The van der Waals surface area contributed by atoms with Crippen molar-refractivity contribution in [1.29, 1.82) is 0 Å². The average molecular weight is 296 g/mol. The first-order valence-electron chi connectivity index (χ1n) is 6.42. The zero-order valence-corrected chi connectivity index (χ0v) is 12.4. The van der Waals surface area contributed by atoms with Gasteiger partial charge in [-0.1, -0.05) is 13.2 Å². The molecule has 0 amide bonds. The van der Waals surface area contributed by atoms with Gasteiger partial charge in [-0.05, 0) is 13.8 Å². The van der Waals surface area contributed by atoms with Crippen molar-refractivity contribution < 1.29 is 28.7 Å². The molecule has 0 N–H and O–H groups in total. The number of rotatable bonds is 10. The van der Waals surface area contributed by atoms with Gasteiger partial charge in [0.15, 0.2) is 0 Å². The fourth-order valence-electron chi connectivity index (χ4n) is 1.16. The molecular formula is C15H20O6. The molecule has 0 aromatic heterocycles. The molecule has 0 rings (SSSR count). The number of carbonyl (C=O) groups is 4. The maximum absolute atomic E-state index is 11.5. The van der Waals surface area contributed by atoms with E-state index in [4.69, 9.17) is 9.47 Å². The van der Waals surface area contributed by atoms with Crippen LogP contribution in [-0.2, 0) is 28.7 Å². The van der Waals surface area contributed by atoms with Crippen LogP contribution < -0.4 is 0 Å². The molecule has 0 unspecified atom stereocenters. The van der Waals surface area contributed by atoms with Crippen LogP contribution in [0.4, 0.5) is 0 Å². The van der Waals surface area contributed by atoms with Gasteiger partial charge in [-0.2, -0.15) is 0 Å². The second-order valence-corrected chi connectivity index (χ2v) is 4.59. The predicted octanol–water partition coefficient (Wildman–Crippen LogP) is 1.53. The largest absolute Gasteiger partial charge is 0.462 e. The maximum Gasteiger partial charge on any atom is 0.333 e. The van der Waals surface area contributed by atoms with Crippen LogP contribution in [-0.4, -0.2) is 36.7 Å². The van der Waals surface area contributed by atoms with Crippen LogP contribution in [0.2, 0.25) is 0 Å². The van der Waals surface area contributed by atoms with Gasteiger partial charge in [0.25, 0.3) is 0 Å². The van der Waals surface area contributed by atoms with Gasteiger partial charge in [-0.15, -0.1) is 0 Å². The second kappa shape index (κ2) is 9.63. The minimum atomic E-state index is -0.569. The third-order valence-corrected chi connectivity index (χ3v) is 2.32. The third-order valence-electron chi connectivity index (χ3n) is 2.32. The van der Waals surface area contributed by atoms with E-state index in [0.717, 1.165) is 0 Å². The molecule has 0 aliphatic heterocycles. The average Bonchev–Trinajstić information content (AvgIpc) is 2.37. The van der Waals surface area contributed by atoms with E-state index in [1.165, 1.54) is 13.8 Å². The summed E-state index contributed by atoms with van der Waals surface area (Å²) in [6, 6.07) is 0. The SMILES string of the molecule is C=C(C)C(=O)OCCC(=O)CC(=O)CCOC(=O)C(=C)C. The number of esters is 2. The van der Waals surface area contributed by atoms with E-state index < -0.39 is 11.9 Å². The molecule has 0 fully saturated rings. The highest BCUT2D eigenvalue weighted by Gasteiger charge is 2.12. The zero-order valence-electron chi connectivity index (χ0n) is 12.4. The summed E-state index contributed by atoms with van der Waals surface area (Å²) in [5.41, 5.74) is 0.496. The normalized spacial score (nSPS) is 9.62. The van der Waals surface area contributed by atoms with Crippen LogP contribution in [0.1, 0.15) is 33.1 Å². The van der Waals surface area contributed by atoms with Crippen LogP contribution in [0, 0.1) is 0 Å². The van der Waals surface area contributed by atoms with Gasteiger partial charge in [-0.3, -0.25) is 9.59 Å². The van der Waals surface area contributed by atoms with Crippen LogP contribution in [0.15, 0.2) is 24.3 Å². The standard InChI is InChI=1S/C15H20O6/c1-10(2)14(18)20-7-5-12(16)9-13(17)6-8-21-15(19)11(3)4/h1,3,5-9H2,2,4H3. The van der Waals surface area contributed by atoms with E-state index in [0.29, 0.717) is 0 Å². The van der Waals surface area contributed by atoms with Gasteiger partial charge in [0.1, 0.15) is 11.6 Å². The Morgan fingerprint density at radius 1 is 0.762 bits per heavy atom. The van der Waals surface area contributed by atoms with Crippen molar-refractivity contribution in [3.8, 4) is 0 Å². The first kappa shape index (κ1) is 18.8. The summed E-state index contributed by atoms with van der Waals surface area (Å²) < 4.78 is 9.49. The monoisotopic (exact) mass is 296 g/mol. The summed E-state index contributed by atoms with van der Waals surface area (Å²) in [5.74, 6) is -1.80. The summed E-state index contributed by atoms with van der Waals surface area (Å²) >= 11 is 0. The van der Waals surface area contributed by atoms with Crippen LogP contribution >= 0.6 is 0 Å². The lowest BCUT2D eigenvalue weighted by atomic mass is 10.1. The Balaban J connectivity index is 3.82. The van der Waals surface area contributed by atoms with Crippen molar-refractivity contribution in [3.63, 3.8) is 0 Å². The van der Waals surface area contributed by atoms with Gasteiger partial charge in [0.05, 0.1) is 19.6 Å². The quantitative estimate of drug-likeness (QED) is 0.345. The number of ether oxygens (including phenoxy) is 2. The number of ketones is 2. The molecule has 0 saturated carbocycles. The highest BCUT2D eigenvalue weighted by Crippen LogP contribution is 2.00. The topological polar surface area (TPSA) is 86.7 Å². The molecule has 21 heavy (non-hydrogen) atoms.